The van der Waals surface area contributed by atoms with Gasteiger partial charge in [-0.15, -0.1) is 0 Å². The summed E-state index contributed by atoms with van der Waals surface area (Å²) in [6.45, 7) is 3.97. The first-order valence-corrected chi connectivity index (χ1v) is 9.72. The molecule has 7 heteroatoms. The van der Waals surface area contributed by atoms with Gasteiger partial charge < -0.3 is 19.5 Å². The van der Waals surface area contributed by atoms with Crippen LogP contribution in [0, 0.1) is 6.92 Å². The Kier molecular flexibility index (Phi) is 6.61. The van der Waals surface area contributed by atoms with E-state index in [0.29, 0.717) is 22.8 Å². The number of ether oxygens (including phenoxy) is 3. The Labute approximate surface area is 176 Å². The van der Waals surface area contributed by atoms with Gasteiger partial charge in [0, 0.05) is 7.05 Å². The van der Waals surface area contributed by atoms with Crippen molar-refractivity contribution in [2.75, 3.05) is 27.4 Å². The molecule has 0 saturated heterocycles. The van der Waals surface area contributed by atoms with Crippen LogP contribution in [0.1, 0.15) is 24.1 Å². The Morgan fingerprint density at radius 2 is 1.83 bits per heavy atom. The van der Waals surface area contributed by atoms with Gasteiger partial charge in [-0.1, -0.05) is 29.8 Å². The SMILES string of the molecule is CCOC(=O)C1=C(COc2ccc(OC)cc2)N(C)C(=O)NC1c1cccc(C)c1. The molecule has 0 saturated carbocycles. The molecule has 1 heterocycles. The summed E-state index contributed by atoms with van der Waals surface area (Å²) in [5.74, 6) is 0.824. The summed E-state index contributed by atoms with van der Waals surface area (Å²) in [5, 5.41) is 2.90. The van der Waals surface area contributed by atoms with E-state index in [1.807, 2.05) is 31.2 Å². The van der Waals surface area contributed by atoms with Gasteiger partial charge in [0.15, 0.2) is 0 Å². The number of rotatable bonds is 7. The summed E-state index contributed by atoms with van der Waals surface area (Å²) < 4.78 is 16.4. The van der Waals surface area contributed by atoms with E-state index in [2.05, 4.69) is 5.32 Å². The van der Waals surface area contributed by atoms with Crippen LogP contribution in [0.25, 0.3) is 0 Å². The highest BCUT2D eigenvalue weighted by Crippen LogP contribution is 2.32. The molecule has 158 valence electrons. The molecule has 1 N–H and O–H groups in total. The molecule has 7 nitrogen and oxygen atoms in total. The molecule has 2 aromatic carbocycles. The minimum absolute atomic E-state index is 0.0344. The summed E-state index contributed by atoms with van der Waals surface area (Å²) >= 11 is 0. The molecule has 0 spiro atoms. The number of carbonyl (C=O) groups is 2. The zero-order valence-electron chi connectivity index (χ0n) is 17.6. The Bertz CT molecular complexity index is 952. The third-order valence-electron chi connectivity index (χ3n) is 4.88. The Morgan fingerprint density at radius 1 is 1.13 bits per heavy atom. The van der Waals surface area contributed by atoms with Gasteiger partial charge in [0.25, 0.3) is 0 Å². The van der Waals surface area contributed by atoms with Crippen LogP contribution in [0.3, 0.4) is 0 Å². The average molecular weight is 410 g/mol. The number of hydrogen-bond acceptors (Lipinski definition) is 5. The lowest BCUT2D eigenvalue weighted by atomic mass is 9.94. The summed E-state index contributed by atoms with van der Waals surface area (Å²) in [7, 11) is 3.20. The van der Waals surface area contributed by atoms with Gasteiger partial charge in [-0.2, -0.15) is 0 Å². The van der Waals surface area contributed by atoms with Crippen molar-refractivity contribution in [1.29, 1.82) is 0 Å². The van der Waals surface area contributed by atoms with Crippen molar-refractivity contribution >= 4 is 12.0 Å². The highest BCUT2D eigenvalue weighted by Gasteiger charge is 2.37. The molecule has 0 aromatic heterocycles. The van der Waals surface area contributed by atoms with E-state index in [-0.39, 0.29) is 19.2 Å². The summed E-state index contributed by atoms with van der Waals surface area (Å²) in [4.78, 5) is 26.9. The average Bonchev–Trinajstić information content (AvgIpc) is 2.74. The fourth-order valence-electron chi connectivity index (χ4n) is 3.30. The second kappa shape index (κ2) is 9.35. The number of esters is 1. The second-order valence-electron chi connectivity index (χ2n) is 6.90. The van der Waals surface area contributed by atoms with Gasteiger partial charge in [0.2, 0.25) is 0 Å². The van der Waals surface area contributed by atoms with Crippen LogP contribution < -0.4 is 14.8 Å². The molecule has 1 atom stereocenters. The van der Waals surface area contributed by atoms with E-state index >= 15 is 0 Å². The third-order valence-corrected chi connectivity index (χ3v) is 4.88. The number of likely N-dealkylation sites (N-methyl/N-ethyl adjacent to an activating group) is 1. The topological polar surface area (TPSA) is 77.1 Å². The van der Waals surface area contributed by atoms with E-state index in [1.54, 1.807) is 45.3 Å². The number of carbonyl (C=O) groups excluding carboxylic acids is 2. The lowest BCUT2D eigenvalue weighted by molar-refractivity contribution is -0.139. The first-order chi connectivity index (χ1) is 14.4. The number of hydrogen-bond donors (Lipinski definition) is 1. The summed E-state index contributed by atoms with van der Waals surface area (Å²) in [5.41, 5.74) is 2.65. The predicted octanol–water partition coefficient (Wildman–Crippen LogP) is 3.60. The van der Waals surface area contributed by atoms with Crippen LogP contribution in [0.4, 0.5) is 4.79 Å². The van der Waals surface area contributed by atoms with Crippen molar-refractivity contribution in [1.82, 2.24) is 10.2 Å². The minimum atomic E-state index is -0.623. The molecule has 1 aliphatic rings. The van der Waals surface area contributed by atoms with Crippen molar-refractivity contribution in [3.63, 3.8) is 0 Å². The summed E-state index contributed by atoms with van der Waals surface area (Å²) in [6.07, 6.45) is 0. The Hall–Kier alpha value is -3.48. The molecule has 1 unspecified atom stereocenters. The van der Waals surface area contributed by atoms with Crippen LogP contribution >= 0.6 is 0 Å². The summed E-state index contributed by atoms with van der Waals surface area (Å²) in [6, 6.07) is 13.8. The number of amides is 2. The largest absolute Gasteiger partial charge is 0.497 e. The number of nitrogens with zero attached hydrogens (tertiary/aromatic N) is 1. The molecule has 0 fully saturated rings. The second-order valence-corrected chi connectivity index (χ2v) is 6.90. The molecule has 30 heavy (non-hydrogen) atoms. The Balaban J connectivity index is 1.99. The van der Waals surface area contributed by atoms with E-state index in [9.17, 15) is 9.59 Å². The maximum atomic E-state index is 12.9. The molecule has 0 bridgehead atoms. The number of benzene rings is 2. The molecular weight excluding hydrogens is 384 g/mol. The van der Waals surface area contributed by atoms with E-state index < -0.39 is 12.0 Å². The van der Waals surface area contributed by atoms with Crippen LogP contribution in [-0.4, -0.2) is 44.3 Å². The lowest BCUT2D eigenvalue weighted by Crippen LogP contribution is -2.48. The van der Waals surface area contributed by atoms with Gasteiger partial charge in [-0.3, -0.25) is 4.90 Å². The predicted molar refractivity (Wildman–Crippen MR) is 112 cm³/mol. The smallest absolute Gasteiger partial charge is 0.338 e. The number of urea groups is 1. The molecule has 3 rings (SSSR count). The van der Waals surface area contributed by atoms with Gasteiger partial charge in [-0.25, -0.2) is 9.59 Å². The first kappa shape index (κ1) is 21.2. The van der Waals surface area contributed by atoms with Crippen molar-refractivity contribution in [2.24, 2.45) is 0 Å². The fourth-order valence-corrected chi connectivity index (χ4v) is 3.30. The van der Waals surface area contributed by atoms with Crippen LogP contribution in [0.2, 0.25) is 0 Å². The lowest BCUT2D eigenvalue weighted by Gasteiger charge is -2.34. The van der Waals surface area contributed by atoms with E-state index in [4.69, 9.17) is 14.2 Å². The first-order valence-electron chi connectivity index (χ1n) is 9.72. The monoisotopic (exact) mass is 410 g/mol. The highest BCUT2D eigenvalue weighted by atomic mass is 16.5. The number of nitrogens with one attached hydrogen (secondary N) is 1. The van der Waals surface area contributed by atoms with Gasteiger partial charge >= 0.3 is 12.0 Å². The number of aryl methyl sites for hydroxylation is 1. The molecule has 1 aliphatic heterocycles. The van der Waals surface area contributed by atoms with Crippen molar-refractivity contribution < 1.29 is 23.8 Å². The van der Waals surface area contributed by atoms with Crippen LogP contribution in [-0.2, 0) is 9.53 Å². The third kappa shape index (κ3) is 4.56. The van der Waals surface area contributed by atoms with Crippen LogP contribution in [0.5, 0.6) is 11.5 Å². The van der Waals surface area contributed by atoms with E-state index in [0.717, 1.165) is 11.1 Å². The van der Waals surface area contributed by atoms with Crippen molar-refractivity contribution in [3.05, 3.63) is 70.9 Å². The van der Waals surface area contributed by atoms with Gasteiger partial charge in [0.05, 0.1) is 31.0 Å². The zero-order valence-corrected chi connectivity index (χ0v) is 17.6. The van der Waals surface area contributed by atoms with E-state index in [1.165, 1.54) is 4.90 Å². The van der Waals surface area contributed by atoms with Crippen LogP contribution in [0.15, 0.2) is 59.8 Å². The zero-order chi connectivity index (χ0) is 21.7. The maximum Gasteiger partial charge on any atom is 0.338 e. The molecular formula is C23H26N2O5. The van der Waals surface area contributed by atoms with Gasteiger partial charge in [0.1, 0.15) is 18.1 Å². The maximum absolute atomic E-state index is 12.9. The number of methoxy groups -OCH3 is 1. The van der Waals surface area contributed by atoms with Crippen molar-refractivity contribution in [3.8, 4) is 11.5 Å². The molecule has 2 aromatic rings. The minimum Gasteiger partial charge on any atom is -0.497 e. The Morgan fingerprint density at radius 3 is 2.47 bits per heavy atom. The normalized spacial score (nSPS) is 16.2. The molecule has 2 amide bonds. The fraction of sp³-hybridized carbons (Fsp3) is 0.304. The van der Waals surface area contributed by atoms with Gasteiger partial charge in [-0.05, 0) is 43.7 Å². The standard InChI is InChI=1S/C23H26N2O5/c1-5-29-22(26)20-19(14-30-18-11-9-17(28-4)10-12-18)25(3)23(27)24-21(20)16-8-6-7-15(2)13-16/h6-13,21H,5,14H2,1-4H3,(H,24,27). The molecule has 0 aliphatic carbocycles. The van der Waals surface area contributed by atoms with Crippen molar-refractivity contribution in [2.45, 2.75) is 19.9 Å². The highest BCUT2D eigenvalue weighted by molar-refractivity contribution is 5.95. The quantitative estimate of drug-likeness (QED) is 0.706. The molecule has 0 radical (unpaired) electrons.